The van der Waals surface area contributed by atoms with Crippen molar-refractivity contribution >= 4 is 21.6 Å². The van der Waals surface area contributed by atoms with Gasteiger partial charge in [0, 0.05) is 10.5 Å². The van der Waals surface area contributed by atoms with Crippen LogP contribution in [-0.2, 0) is 0 Å². The Morgan fingerprint density at radius 2 is 1.78 bits per heavy atom. The Bertz CT molecular complexity index is 537. The summed E-state index contributed by atoms with van der Waals surface area (Å²) in [6.45, 7) is 4.07. The van der Waals surface area contributed by atoms with Gasteiger partial charge in [0.25, 0.3) is 0 Å². The number of hydrogen-bond donors (Lipinski definition) is 1. The van der Waals surface area contributed by atoms with Gasteiger partial charge in [0.05, 0.1) is 5.69 Å². The van der Waals surface area contributed by atoms with Crippen molar-refractivity contribution in [2.24, 2.45) is 0 Å². The van der Waals surface area contributed by atoms with Gasteiger partial charge in [-0.1, -0.05) is 45.8 Å². The summed E-state index contributed by atoms with van der Waals surface area (Å²) in [5.41, 5.74) is 2.88. The Kier molecular flexibility index (Phi) is 4.02. The van der Waals surface area contributed by atoms with Crippen LogP contribution in [0, 0.1) is 12.7 Å². The summed E-state index contributed by atoms with van der Waals surface area (Å²) < 4.78 is 14.4. The first-order chi connectivity index (χ1) is 8.56. The van der Waals surface area contributed by atoms with Gasteiger partial charge in [-0.15, -0.1) is 0 Å². The van der Waals surface area contributed by atoms with E-state index in [4.69, 9.17) is 0 Å². The van der Waals surface area contributed by atoms with Crippen LogP contribution in [0.4, 0.5) is 10.1 Å². The quantitative estimate of drug-likeness (QED) is 0.834. The summed E-state index contributed by atoms with van der Waals surface area (Å²) in [5.74, 6) is -0.247. The highest BCUT2D eigenvalue weighted by atomic mass is 79.9. The average Bonchev–Trinajstić information content (AvgIpc) is 2.33. The van der Waals surface area contributed by atoms with Gasteiger partial charge in [-0.2, -0.15) is 0 Å². The third-order valence-electron chi connectivity index (χ3n) is 2.88. The molecule has 1 nitrogen and oxygen atoms in total. The van der Waals surface area contributed by atoms with Crippen LogP contribution < -0.4 is 5.32 Å². The molecule has 2 aromatic carbocycles. The van der Waals surface area contributed by atoms with Gasteiger partial charge in [-0.3, -0.25) is 0 Å². The maximum absolute atomic E-state index is 13.7. The SMILES string of the molecule is Cc1ccc(C(C)Nc2ccc(Br)cc2F)cc1. The predicted octanol–water partition coefficient (Wildman–Crippen LogP) is 5.07. The van der Waals surface area contributed by atoms with Crippen LogP contribution in [0.3, 0.4) is 0 Å². The second-order valence-electron chi connectivity index (χ2n) is 4.40. The van der Waals surface area contributed by atoms with E-state index >= 15 is 0 Å². The zero-order chi connectivity index (χ0) is 13.1. The Hall–Kier alpha value is -1.35. The molecule has 0 amide bonds. The number of rotatable bonds is 3. The van der Waals surface area contributed by atoms with Crippen molar-refractivity contribution in [1.82, 2.24) is 0 Å². The van der Waals surface area contributed by atoms with Crippen LogP contribution in [-0.4, -0.2) is 0 Å². The first-order valence-corrected chi connectivity index (χ1v) is 6.64. The van der Waals surface area contributed by atoms with Crippen molar-refractivity contribution in [2.75, 3.05) is 5.32 Å². The largest absolute Gasteiger partial charge is 0.376 e. The molecule has 0 aliphatic carbocycles. The highest BCUT2D eigenvalue weighted by Gasteiger charge is 2.08. The van der Waals surface area contributed by atoms with Gasteiger partial charge < -0.3 is 5.32 Å². The van der Waals surface area contributed by atoms with Gasteiger partial charge in [-0.25, -0.2) is 4.39 Å². The number of halogens is 2. The minimum Gasteiger partial charge on any atom is -0.376 e. The smallest absolute Gasteiger partial charge is 0.147 e. The fourth-order valence-corrected chi connectivity index (χ4v) is 2.11. The van der Waals surface area contributed by atoms with Gasteiger partial charge in [-0.05, 0) is 37.6 Å². The summed E-state index contributed by atoms with van der Waals surface area (Å²) in [7, 11) is 0. The maximum Gasteiger partial charge on any atom is 0.147 e. The molecule has 0 fully saturated rings. The Labute approximate surface area is 115 Å². The van der Waals surface area contributed by atoms with E-state index in [1.807, 2.05) is 13.0 Å². The summed E-state index contributed by atoms with van der Waals surface area (Å²) in [4.78, 5) is 0. The van der Waals surface area contributed by atoms with E-state index in [1.165, 1.54) is 11.6 Å². The topological polar surface area (TPSA) is 12.0 Å². The highest BCUT2D eigenvalue weighted by molar-refractivity contribution is 9.10. The van der Waals surface area contributed by atoms with Crippen LogP contribution in [0.25, 0.3) is 0 Å². The molecule has 2 rings (SSSR count). The summed E-state index contributed by atoms with van der Waals surface area (Å²) in [6.07, 6.45) is 0. The minimum atomic E-state index is -0.247. The molecule has 1 N–H and O–H groups in total. The van der Waals surface area contributed by atoms with Crippen molar-refractivity contribution in [3.8, 4) is 0 Å². The van der Waals surface area contributed by atoms with Crippen LogP contribution in [0.5, 0.6) is 0 Å². The molecular formula is C15H15BrFN. The van der Waals surface area contributed by atoms with Gasteiger partial charge >= 0.3 is 0 Å². The van der Waals surface area contributed by atoms with Crippen LogP contribution in [0.2, 0.25) is 0 Å². The average molecular weight is 308 g/mol. The lowest BCUT2D eigenvalue weighted by Gasteiger charge is -2.16. The van der Waals surface area contributed by atoms with E-state index in [0.717, 1.165) is 10.0 Å². The number of anilines is 1. The molecule has 0 saturated heterocycles. The fraction of sp³-hybridized carbons (Fsp3) is 0.200. The molecule has 0 heterocycles. The summed E-state index contributed by atoms with van der Waals surface area (Å²) in [5, 5.41) is 3.18. The third-order valence-corrected chi connectivity index (χ3v) is 3.37. The van der Waals surface area contributed by atoms with E-state index in [-0.39, 0.29) is 11.9 Å². The summed E-state index contributed by atoms with van der Waals surface area (Å²) in [6, 6.07) is 13.3. The fourth-order valence-electron chi connectivity index (χ4n) is 1.78. The normalized spacial score (nSPS) is 12.2. The van der Waals surface area contributed by atoms with Crippen molar-refractivity contribution in [3.63, 3.8) is 0 Å². The summed E-state index contributed by atoms with van der Waals surface area (Å²) >= 11 is 3.25. The molecule has 0 aliphatic heterocycles. The van der Waals surface area contributed by atoms with Crippen molar-refractivity contribution in [2.45, 2.75) is 19.9 Å². The molecule has 0 saturated carbocycles. The van der Waals surface area contributed by atoms with Crippen LogP contribution >= 0.6 is 15.9 Å². The molecule has 2 aromatic rings. The molecule has 94 valence electrons. The zero-order valence-corrected chi connectivity index (χ0v) is 12.0. The first-order valence-electron chi connectivity index (χ1n) is 5.84. The monoisotopic (exact) mass is 307 g/mol. The third kappa shape index (κ3) is 3.10. The van der Waals surface area contributed by atoms with Gasteiger partial charge in [0.2, 0.25) is 0 Å². The molecule has 18 heavy (non-hydrogen) atoms. The highest BCUT2D eigenvalue weighted by Crippen LogP contribution is 2.24. The molecule has 3 heteroatoms. The lowest BCUT2D eigenvalue weighted by molar-refractivity contribution is 0.626. The molecular weight excluding hydrogens is 293 g/mol. The number of hydrogen-bond acceptors (Lipinski definition) is 1. The number of nitrogens with one attached hydrogen (secondary N) is 1. The number of benzene rings is 2. The van der Waals surface area contributed by atoms with E-state index in [0.29, 0.717) is 5.69 Å². The van der Waals surface area contributed by atoms with E-state index in [9.17, 15) is 4.39 Å². The minimum absolute atomic E-state index is 0.0706. The van der Waals surface area contributed by atoms with E-state index in [2.05, 4.69) is 52.4 Å². The Morgan fingerprint density at radius 3 is 2.39 bits per heavy atom. The van der Waals surface area contributed by atoms with Crippen molar-refractivity contribution in [3.05, 3.63) is 63.9 Å². The Balaban J connectivity index is 2.15. The van der Waals surface area contributed by atoms with E-state index in [1.54, 1.807) is 6.07 Å². The Morgan fingerprint density at radius 1 is 1.11 bits per heavy atom. The zero-order valence-electron chi connectivity index (χ0n) is 10.4. The predicted molar refractivity (Wildman–Crippen MR) is 77.3 cm³/mol. The first kappa shape index (κ1) is 13.1. The van der Waals surface area contributed by atoms with E-state index < -0.39 is 0 Å². The maximum atomic E-state index is 13.7. The molecule has 0 radical (unpaired) electrons. The number of aryl methyl sites for hydroxylation is 1. The lowest BCUT2D eigenvalue weighted by Crippen LogP contribution is -2.07. The molecule has 1 unspecified atom stereocenters. The molecule has 0 aliphatic rings. The van der Waals surface area contributed by atoms with Crippen LogP contribution in [0.1, 0.15) is 24.1 Å². The second-order valence-corrected chi connectivity index (χ2v) is 5.32. The molecule has 0 spiro atoms. The molecule has 0 bridgehead atoms. The second kappa shape index (κ2) is 5.53. The molecule has 0 aromatic heterocycles. The lowest BCUT2D eigenvalue weighted by atomic mass is 10.1. The van der Waals surface area contributed by atoms with Gasteiger partial charge in [0.1, 0.15) is 5.82 Å². The van der Waals surface area contributed by atoms with Gasteiger partial charge in [0.15, 0.2) is 0 Å². The standard InChI is InChI=1S/C15H15BrFN/c1-10-3-5-12(6-4-10)11(2)18-15-8-7-13(16)9-14(15)17/h3-9,11,18H,1-2H3. The van der Waals surface area contributed by atoms with Crippen molar-refractivity contribution < 1.29 is 4.39 Å². The van der Waals surface area contributed by atoms with Crippen molar-refractivity contribution in [1.29, 1.82) is 0 Å². The molecule has 1 atom stereocenters. The van der Waals surface area contributed by atoms with Crippen LogP contribution in [0.15, 0.2) is 46.9 Å².